The zero-order valence-electron chi connectivity index (χ0n) is 21.9. The molecule has 0 aliphatic carbocycles. The normalized spacial score (nSPS) is 13.6. The summed E-state index contributed by atoms with van der Waals surface area (Å²) < 4.78 is 35.2. The van der Waals surface area contributed by atoms with Crippen LogP contribution in [0.2, 0.25) is 0 Å². The van der Waals surface area contributed by atoms with Crippen molar-refractivity contribution in [3.63, 3.8) is 0 Å². The molecule has 3 aromatic rings. The Morgan fingerprint density at radius 3 is 2.05 bits per heavy atom. The summed E-state index contributed by atoms with van der Waals surface area (Å²) in [6.07, 6.45) is 0. The third-order valence-electron chi connectivity index (χ3n) is 6.96. The second-order valence-electron chi connectivity index (χ2n) is 9.19. The number of ether oxygens (including phenoxy) is 1. The van der Waals surface area contributed by atoms with E-state index in [4.69, 9.17) is 4.74 Å². The van der Waals surface area contributed by atoms with Crippen LogP contribution in [0.4, 0.5) is 11.4 Å². The number of sulfonamides is 1. The quantitative estimate of drug-likeness (QED) is 0.467. The molecule has 1 amide bonds. The van der Waals surface area contributed by atoms with E-state index in [-0.39, 0.29) is 28.9 Å². The number of hydrogen-bond acceptors (Lipinski definition) is 5. The van der Waals surface area contributed by atoms with E-state index in [1.165, 1.54) is 0 Å². The van der Waals surface area contributed by atoms with Gasteiger partial charge < -0.3 is 14.5 Å². The van der Waals surface area contributed by atoms with Crippen LogP contribution in [0.3, 0.4) is 0 Å². The maximum Gasteiger partial charge on any atom is 0.262 e. The summed E-state index contributed by atoms with van der Waals surface area (Å²) in [6, 6.07) is 16.6. The van der Waals surface area contributed by atoms with E-state index in [0.717, 1.165) is 22.6 Å². The molecule has 9 heteroatoms. The van der Waals surface area contributed by atoms with Gasteiger partial charge in [-0.1, -0.05) is 30.3 Å². The zero-order valence-corrected chi connectivity index (χ0v) is 23.5. The number of hydrogen-bond donors (Lipinski definition) is 1. The maximum atomic E-state index is 13.5. The van der Waals surface area contributed by atoms with Crippen LogP contribution < -0.4 is 14.4 Å². The van der Waals surface area contributed by atoms with E-state index in [9.17, 15) is 13.2 Å². The Hall–Kier alpha value is -3.23. The molecule has 0 atom stereocenters. The minimum atomic E-state index is -3.90. The Kier molecular flexibility index (Phi) is 8.76. The average Bonchev–Trinajstić information content (AvgIpc) is 2.87. The van der Waals surface area contributed by atoms with Crippen LogP contribution in [0.15, 0.2) is 59.5 Å². The highest BCUT2D eigenvalue weighted by atomic mass is 35.5. The first-order chi connectivity index (χ1) is 17.1. The minimum absolute atomic E-state index is 0. The highest BCUT2D eigenvalue weighted by Crippen LogP contribution is 2.31. The van der Waals surface area contributed by atoms with Gasteiger partial charge in [-0.15, -0.1) is 12.4 Å². The molecule has 1 saturated heterocycles. The Morgan fingerprint density at radius 2 is 1.43 bits per heavy atom. The number of methoxy groups -OCH3 is 1. The van der Waals surface area contributed by atoms with Crippen LogP contribution in [0.1, 0.15) is 32.6 Å². The van der Waals surface area contributed by atoms with Crippen LogP contribution in [-0.4, -0.2) is 52.5 Å². The second kappa shape index (κ2) is 11.4. The van der Waals surface area contributed by atoms with Gasteiger partial charge in [-0.05, 0) is 74.2 Å². The molecule has 1 N–H and O–H groups in total. The van der Waals surface area contributed by atoms with E-state index >= 15 is 0 Å². The number of piperazine rings is 1. The van der Waals surface area contributed by atoms with Gasteiger partial charge in [0.05, 0.1) is 28.9 Å². The monoisotopic (exact) mass is 543 g/mol. The van der Waals surface area contributed by atoms with Crippen LogP contribution in [0, 0.1) is 27.7 Å². The number of para-hydroxylation sites is 3. The Balaban J connectivity index is 0.00000380. The van der Waals surface area contributed by atoms with Crippen molar-refractivity contribution >= 4 is 39.7 Å². The standard InChI is InChI=1S/C28H33N3O4S.ClH/c1-19-18-20(2)22(4)27(21(19)3)36(33,34)29-24-11-7-6-10-23(24)28(32)31-16-14-30(15-17-31)25-12-8-9-13-26(25)35-5;/h6-13,18,29H,14-17H2,1-5H3;1H. The van der Waals surface area contributed by atoms with E-state index in [2.05, 4.69) is 9.62 Å². The van der Waals surface area contributed by atoms with Gasteiger partial charge in [0, 0.05) is 26.2 Å². The minimum Gasteiger partial charge on any atom is -0.495 e. The SMILES string of the molecule is COc1ccccc1N1CCN(C(=O)c2ccccc2NS(=O)(=O)c2c(C)c(C)cc(C)c2C)CC1.Cl. The third kappa shape index (κ3) is 5.70. The Morgan fingerprint density at radius 1 is 0.865 bits per heavy atom. The van der Waals surface area contributed by atoms with Gasteiger partial charge >= 0.3 is 0 Å². The molecule has 198 valence electrons. The number of carbonyl (C=O) groups excluding carboxylic acids is 1. The largest absolute Gasteiger partial charge is 0.495 e. The number of amides is 1. The molecule has 37 heavy (non-hydrogen) atoms. The fraction of sp³-hybridized carbons (Fsp3) is 0.321. The molecule has 0 saturated carbocycles. The number of rotatable bonds is 6. The molecule has 0 bridgehead atoms. The first kappa shape index (κ1) is 28.3. The highest BCUT2D eigenvalue weighted by Gasteiger charge is 2.28. The van der Waals surface area contributed by atoms with Gasteiger partial charge in [-0.25, -0.2) is 8.42 Å². The summed E-state index contributed by atoms with van der Waals surface area (Å²) >= 11 is 0. The maximum absolute atomic E-state index is 13.5. The van der Waals surface area contributed by atoms with Crippen LogP contribution >= 0.6 is 12.4 Å². The van der Waals surface area contributed by atoms with Crippen molar-refractivity contribution < 1.29 is 17.9 Å². The molecule has 0 spiro atoms. The predicted octanol–water partition coefficient (Wildman–Crippen LogP) is 5.11. The van der Waals surface area contributed by atoms with Gasteiger partial charge in [-0.2, -0.15) is 0 Å². The van der Waals surface area contributed by atoms with Crippen LogP contribution in [0.5, 0.6) is 5.75 Å². The van der Waals surface area contributed by atoms with Crippen LogP contribution in [0.25, 0.3) is 0 Å². The number of halogens is 1. The molecular formula is C28H34ClN3O4S. The van der Waals surface area contributed by atoms with Gasteiger partial charge in [0.2, 0.25) is 0 Å². The molecule has 0 aromatic heterocycles. The summed E-state index contributed by atoms with van der Waals surface area (Å²) in [5.41, 5.74) is 4.87. The van der Waals surface area contributed by atoms with Gasteiger partial charge in [0.1, 0.15) is 5.75 Å². The fourth-order valence-corrected chi connectivity index (χ4v) is 6.45. The van der Waals surface area contributed by atoms with Crippen molar-refractivity contribution in [2.24, 2.45) is 0 Å². The lowest BCUT2D eigenvalue weighted by molar-refractivity contribution is 0.0747. The first-order valence-corrected chi connectivity index (χ1v) is 13.5. The molecular weight excluding hydrogens is 510 g/mol. The fourth-order valence-electron chi connectivity index (χ4n) is 4.75. The summed E-state index contributed by atoms with van der Waals surface area (Å²) in [6.45, 7) is 9.79. The molecule has 0 unspecified atom stereocenters. The van der Waals surface area contributed by atoms with E-state index in [0.29, 0.717) is 42.9 Å². The predicted molar refractivity (Wildman–Crippen MR) is 151 cm³/mol. The highest BCUT2D eigenvalue weighted by molar-refractivity contribution is 7.92. The lowest BCUT2D eigenvalue weighted by Gasteiger charge is -2.36. The lowest BCUT2D eigenvalue weighted by atomic mass is 10.0. The number of nitrogens with one attached hydrogen (secondary N) is 1. The van der Waals surface area contributed by atoms with E-state index < -0.39 is 10.0 Å². The number of benzene rings is 3. The summed E-state index contributed by atoms with van der Waals surface area (Å²) in [7, 11) is -2.25. The Bertz CT molecular complexity index is 1370. The second-order valence-corrected chi connectivity index (χ2v) is 10.8. The topological polar surface area (TPSA) is 79.0 Å². The summed E-state index contributed by atoms with van der Waals surface area (Å²) in [5.74, 6) is 0.607. The van der Waals surface area contributed by atoms with Crippen molar-refractivity contribution in [3.05, 3.63) is 82.4 Å². The summed E-state index contributed by atoms with van der Waals surface area (Å²) in [5, 5.41) is 0. The average molecular weight is 544 g/mol. The number of aryl methyl sites for hydroxylation is 2. The first-order valence-electron chi connectivity index (χ1n) is 12.0. The van der Waals surface area contributed by atoms with Crippen molar-refractivity contribution in [2.45, 2.75) is 32.6 Å². The summed E-state index contributed by atoms with van der Waals surface area (Å²) in [4.78, 5) is 17.7. The molecule has 3 aromatic carbocycles. The van der Waals surface area contributed by atoms with Gasteiger partial charge in [-0.3, -0.25) is 9.52 Å². The van der Waals surface area contributed by atoms with Crippen molar-refractivity contribution in [2.75, 3.05) is 42.9 Å². The Labute approximate surface area is 225 Å². The molecule has 1 aliphatic heterocycles. The number of carbonyl (C=O) groups is 1. The number of nitrogens with zero attached hydrogens (tertiary/aromatic N) is 2. The molecule has 1 aliphatic rings. The van der Waals surface area contributed by atoms with E-state index in [1.54, 1.807) is 36.3 Å². The number of anilines is 2. The van der Waals surface area contributed by atoms with Crippen molar-refractivity contribution in [1.82, 2.24) is 4.90 Å². The molecule has 7 nitrogen and oxygen atoms in total. The van der Waals surface area contributed by atoms with Crippen LogP contribution in [-0.2, 0) is 10.0 Å². The van der Waals surface area contributed by atoms with Gasteiger partial charge in [0.25, 0.3) is 15.9 Å². The smallest absolute Gasteiger partial charge is 0.262 e. The zero-order chi connectivity index (χ0) is 26.0. The van der Waals surface area contributed by atoms with Gasteiger partial charge in [0.15, 0.2) is 0 Å². The molecule has 4 rings (SSSR count). The van der Waals surface area contributed by atoms with E-state index in [1.807, 2.05) is 58.0 Å². The van der Waals surface area contributed by atoms with Crippen molar-refractivity contribution in [3.8, 4) is 5.75 Å². The van der Waals surface area contributed by atoms with Crippen molar-refractivity contribution in [1.29, 1.82) is 0 Å². The third-order valence-corrected chi connectivity index (χ3v) is 8.60. The molecule has 0 radical (unpaired) electrons. The lowest BCUT2D eigenvalue weighted by Crippen LogP contribution is -2.49. The molecule has 1 fully saturated rings. The molecule has 1 heterocycles.